The Morgan fingerprint density at radius 3 is 2.69 bits per heavy atom. The van der Waals surface area contributed by atoms with Crippen LogP contribution in [0.3, 0.4) is 0 Å². The van der Waals surface area contributed by atoms with Gasteiger partial charge in [0.15, 0.2) is 0 Å². The summed E-state index contributed by atoms with van der Waals surface area (Å²) in [6, 6.07) is 7.28. The number of hydrogen-bond donors (Lipinski definition) is 0. The number of anilines is 1. The number of benzene rings is 1. The molecule has 1 nitrogen and oxygen atoms in total. The number of aryl methyl sites for hydroxylation is 1. The van der Waals surface area contributed by atoms with E-state index in [4.69, 9.17) is 0 Å². The number of nitrogens with zero attached hydrogens (tertiary/aromatic N) is 1. The van der Waals surface area contributed by atoms with Crippen LogP contribution >= 0.6 is 11.8 Å². The highest BCUT2D eigenvalue weighted by Gasteiger charge is 2.24. The van der Waals surface area contributed by atoms with Crippen LogP contribution in [0.1, 0.15) is 26.3 Å². The summed E-state index contributed by atoms with van der Waals surface area (Å²) < 4.78 is 0. The van der Waals surface area contributed by atoms with Crippen molar-refractivity contribution in [3.63, 3.8) is 0 Å². The fourth-order valence-electron chi connectivity index (χ4n) is 2.25. The molecule has 0 radical (unpaired) electrons. The van der Waals surface area contributed by atoms with Gasteiger partial charge < -0.3 is 4.90 Å². The normalized spacial score (nSPS) is 17.4. The van der Waals surface area contributed by atoms with Gasteiger partial charge in [0.2, 0.25) is 0 Å². The van der Waals surface area contributed by atoms with Crippen LogP contribution in [-0.4, -0.2) is 18.3 Å². The number of rotatable bonds is 2. The summed E-state index contributed by atoms with van der Waals surface area (Å²) in [5.41, 5.74) is 2.89. The number of fused-ring (bicyclic) bond motifs is 1. The SMILES string of the molecule is Cc1cccc2c1N([C@@H](C)C(C)C)CCS2. The molecule has 2 rings (SSSR count). The standard InChI is InChI=1S/C14H21NS/c1-10(2)12(4)15-8-9-16-13-7-5-6-11(3)14(13)15/h5-7,10,12H,8-9H2,1-4H3/t12-/m0/s1. The summed E-state index contributed by atoms with van der Waals surface area (Å²) >= 11 is 1.99. The molecule has 0 N–H and O–H groups in total. The van der Waals surface area contributed by atoms with Crippen LogP contribution in [0, 0.1) is 12.8 Å². The topological polar surface area (TPSA) is 3.24 Å². The lowest BCUT2D eigenvalue weighted by Crippen LogP contribution is -2.40. The van der Waals surface area contributed by atoms with Crippen LogP contribution in [0.4, 0.5) is 5.69 Å². The van der Waals surface area contributed by atoms with E-state index in [1.807, 2.05) is 11.8 Å². The van der Waals surface area contributed by atoms with Crippen molar-refractivity contribution in [1.29, 1.82) is 0 Å². The highest BCUT2D eigenvalue weighted by molar-refractivity contribution is 7.99. The molecule has 0 spiro atoms. The molecule has 2 heteroatoms. The second kappa shape index (κ2) is 4.70. The molecule has 0 saturated heterocycles. The first kappa shape index (κ1) is 11.8. The maximum atomic E-state index is 2.59. The number of thioether (sulfide) groups is 1. The van der Waals surface area contributed by atoms with Gasteiger partial charge in [-0.3, -0.25) is 0 Å². The molecule has 1 aromatic rings. The van der Waals surface area contributed by atoms with Crippen LogP contribution < -0.4 is 4.90 Å². The molecule has 0 saturated carbocycles. The highest BCUT2D eigenvalue weighted by Crippen LogP contribution is 2.38. The minimum Gasteiger partial charge on any atom is -0.367 e. The zero-order chi connectivity index (χ0) is 11.7. The molecule has 0 unspecified atom stereocenters. The largest absolute Gasteiger partial charge is 0.367 e. The third-order valence-corrected chi connectivity index (χ3v) is 4.56. The van der Waals surface area contributed by atoms with Gasteiger partial charge in [0.05, 0.1) is 5.69 Å². The van der Waals surface area contributed by atoms with Gasteiger partial charge in [0.1, 0.15) is 0 Å². The van der Waals surface area contributed by atoms with Crippen molar-refractivity contribution in [3.8, 4) is 0 Å². The van der Waals surface area contributed by atoms with Crippen LogP contribution in [0.25, 0.3) is 0 Å². The molecule has 0 bridgehead atoms. The van der Waals surface area contributed by atoms with Gasteiger partial charge in [0.25, 0.3) is 0 Å². The molecule has 1 aromatic carbocycles. The fraction of sp³-hybridized carbons (Fsp3) is 0.571. The Bertz CT molecular complexity index is 373. The summed E-state index contributed by atoms with van der Waals surface area (Å²) in [5.74, 6) is 1.92. The van der Waals surface area contributed by atoms with Gasteiger partial charge in [-0.2, -0.15) is 0 Å². The first-order valence-corrected chi connectivity index (χ1v) is 7.09. The molecule has 88 valence electrons. The van der Waals surface area contributed by atoms with Crippen molar-refractivity contribution in [3.05, 3.63) is 23.8 Å². The van der Waals surface area contributed by atoms with Crippen LogP contribution in [0.2, 0.25) is 0 Å². The summed E-state index contributed by atoms with van der Waals surface area (Å²) in [7, 11) is 0. The van der Waals surface area contributed by atoms with E-state index in [-0.39, 0.29) is 0 Å². The zero-order valence-corrected chi connectivity index (χ0v) is 11.5. The lowest BCUT2D eigenvalue weighted by molar-refractivity contribution is 0.487. The third kappa shape index (κ3) is 2.08. The Morgan fingerprint density at radius 2 is 2.00 bits per heavy atom. The summed E-state index contributed by atoms with van der Waals surface area (Å²) in [6.07, 6.45) is 0. The number of hydrogen-bond acceptors (Lipinski definition) is 2. The Kier molecular flexibility index (Phi) is 3.48. The van der Waals surface area contributed by atoms with Crippen LogP contribution in [-0.2, 0) is 0 Å². The van der Waals surface area contributed by atoms with Crippen molar-refractivity contribution in [2.75, 3.05) is 17.2 Å². The molecule has 0 amide bonds. The lowest BCUT2D eigenvalue weighted by Gasteiger charge is -2.39. The molecular weight excluding hydrogens is 214 g/mol. The second-order valence-corrected chi connectivity index (χ2v) is 6.08. The molecule has 1 aliphatic heterocycles. The van der Waals surface area contributed by atoms with E-state index in [1.54, 1.807) is 0 Å². The third-order valence-electron chi connectivity index (χ3n) is 3.53. The molecule has 1 heterocycles. The highest BCUT2D eigenvalue weighted by atomic mass is 32.2. The van der Waals surface area contributed by atoms with E-state index in [9.17, 15) is 0 Å². The molecule has 0 aromatic heterocycles. The Labute approximate surface area is 103 Å². The first-order chi connectivity index (χ1) is 7.61. The Morgan fingerprint density at radius 1 is 1.25 bits per heavy atom. The Hall–Kier alpha value is -0.630. The van der Waals surface area contributed by atoms with Crippen LogP contribution in [0.5, 0.6) is 0 Å². The maximum absolute atomic E-state index is 2.59. The van der Waals surface area contributed by atoms with E-state index >= 15 is 0 Å². The van der Waals surface area contributed by atoms with E-state index in [1.165, 1.54) is 28.4 Å². The summed E-state index contributed by atoms with van der Waals surface area (Å²) in [5, 5.41) is 0. The van der Waals surface area contributed by atoms with Gasteiger partial charge in [-0.1, -0.05) is 26.0 Å². The Balaban J connectivity index is 2.39. The molecule has 1 atom stereocenters. The van der Waals surface area contributed by atoms with Crippen molar-refractivity contribution in [2.24, 2.45) is 5.92 Å². The first-order valence-electron chi connectivity index (χ1n) is 6.10. The average Bonchev–Trinajstić information content (AvgIpc) is 2.27. The van der Waals surface area contributed by atoms with Gasteiger partial charge in [0, 0.05) is 23.2 Å². The number of para-hydroxylation sites is 1. The second-order valence-electron chi connectivity index (χ2n) is 4.95. The molecule has 0 fully saturated rings. The molecule has 1 aliphatic rings. The van der Waals surface area contributed by atoms with Crippen molar-refractivity contribution in [1.82, 2.24) is 0 Å². The monoisotopic (exact) mass is 235 g/mol. The van der Waals surface area contributed by atoms with Gasteiger partial charge in [-0.15, -0.1) is 11.8 Å². The summed E-state index contributed by atoms with van der Waals surface area (Å²) in [4.78, 5) is 4.05. The van der Waals surface area contributed by atoms with Gasteiger partial charge in [-0.25, -0.2) is 0 Å². The average molecular weight is 235 g/mol. The predicted octanol–water partition coefficient (Wildman–Crippen LogP) is 3.95. The fourth-order valence-corrected chi connectivity index (χ4v) is 3.35. The quantitative estimate of drug-likeness (QED) is 0.763. The van der Waals surface area contributed by atoms with Crippen LogP contribution in [0.15, 0.2) is 23.1 Å². The van der Waals surface area contributed by atoms with Crippen molar-refractivity contribution in [2.45, 2.75) is 38.6 Å². The summed E-state index contributed by atoms with van der Waals surface area (Å²) in [6.45, 7) is 10.4. The molecule has 16 heavy (non-hydrogen) atoms. The van der Waals surface area contributed by atoms with Crippen molar-refractivity contribution < 1.29 is 0 Å². The minimum absolute atomic E-state index is 0.626. The van der Waals surface area contributed by atoms with E-state index in [0.29, 0.717) is 12.0 Å². The molecule has 0 aliphatic carbocycles. The lowest BCUT2D eigenvalue weighted by atomic mass is 10.0. The maximum Gasteiger partial charge on any atom is 0.0536 e. The smallest absolute Gasteiger partial charge is 0.0536 e. The van der Waals surface area contributed by atoms with Gasteiger partial charge in [-0.05, 0) is 31.4 Å². The van der Waals surface area contributed by atoms with E-state index < -0.39 is 0 Å². The molecular formula is C14H21NS. The van der Waals surface area contributed by atoms with E-state index in [2.05, 4.69) is 50.8 Å². The van der Waals surface area contributed by atoms with Crippen molar-refractivity contribution >= 4 is 17.4 Å². The minimum atomic E-state index is 0.626. The van der Waals surface area contributed by atoms with E-state index in [0.717, 1.165) is 0 Å². The van der Waals surface area contributed by atoms with Gasteiger partial charge >= 0.3 is 0 Å². The zero-order valence-electron chi connectivity index (χ0n) is 10.7. The predicted molar refractivity (Wildman–Crippen MR) is 73.5 cm³/mol.